The minimum Gasteiger partial charge on any atom is -0.481 e. The van der Waals surface area contributed by atoms with Gasteiger partial charge in [-0.2, -0.15) is 0 Å². The molecule has 1 spiro atoms. The van der Waals surface area contributed by atoms with Gasteiger partial charge in [0.25, 0.3) is 0 Å². The Bertz CT molecular complexity index is 1440. The highest BCUT2D eigenvalue weighted by Crippen LogP contribution is 2.64. The fourth-order valence-corrected chi connectivity index (χ4v) is 7.01. The molecule has 2 aromatic carbocycles. The van der Waals surface area contributed by atoms with Gasteiger partial charge in [0.15, 0.2) is 12.4 Å². The second kappa shape index (κ2) is 9.57. The average molecular weight is 548 g/mol. The summed E-state index contributed by atoms with van der Waals surface area (Å²) in [5.74, 6) is -2.30. The number of benzene rings is 2. The minimum absolute atomic E-state index is 0.182. The summed E-state index contributed by atoms with van der Waals surface area (Å²) in [6.45, 7) is 0.673. The first kappa shape index (κ1) is 26.2. The molecule has 2 heterocycles. The summed E-state index contributed by atoms with van der Waals surface area (Å²) < 4.78 is 17.7. The van der Waals surface area contributed by atoms with Crippen LogP contribution in [-0.2, 0) is 35.7 Å². The summed E-state index contributed by atoms with van der Waals surface area (Å²) in [4.78, 5) is 51.0. The zero-order chi connectivity index (χ0) is 28.2. The van der Waals surface area contributed by atoms with E-state index in [4.69, 9.17) is 19.3 Å². The van der Waals surface area contributed by atoms with Gasteiger partial charge >= 0.3 is 17.9 Å². The Balaban J connectivity index is 1.36. The van der Waals surface area contributed by atoms with Crippen LogP contribution in [0, 0.1) is 0 Å². The molecule has 1 fully saturated rings. The molecule has 10 heteroatoms. The second-order valence-electron chi connectivity index (χ2n) is 10.9. The number of carboxylic acid groups (broad SMARTS) is 1. The normalized spacial score (nSPS) is 28.4. The molecule has 40 heavy (non-hydrogen) atoms. The van der Waals surface area contributed by atoms with Gasteiger partial charge in [-0.15, -0.1) is 0 Å². The number of hydrogen-bond acceptors (Lipinski definition) is 9. The SMILES string of the molecule is CN1CC[C@]23c4c5ccc(C=O)c4O[C@H]2C(OC(=O)[C@@H](OC(=O)CCC(=O)O)c2ccccc2)=CC[C@@]3(O)[C@H]1C5. The van der Waals surface area contributed by atoms with Crippen LogP contribution in [0.25, 0.3) is 0 Å². The zero-order valence-electron chi connectivity index (χ0n) is 21.9. The molecule has 0 aromatic heterocycles. The Hall–Kier alpha value is -4.02. The Morgan fingerprint density at radius 2 is 1.95 bits per heavy atom. The maximum absolute atomic E-state index is 13.6. The number of carbonyl (C=O) groups is 4. The average Bonchev–Trinajstić information content (AvgIpc) is 3.30. The molecular weight excluding hydrogens is 518 g/mol. The minimum atomic E-state index is -1.44. The number of aldehydes is 1. The monoisotopic (exact) mass is 547 g/mol. The van der Waals surface area contributed by atoms with Gasteiger partial charge in [0.1, 0.15) is 11.5 Å². The number of likely N-dealkylation sites (tertiary alicyclic amines) is 1. The number of nitrogens with zero attached hydrogens (tertiary/aromatic N) is 1. The van der Waals surface area contributed by atoms with E-state index >= 15 is 0 Å². The molecule has 2 bridgehead atoms. The van der Waals surface area contributed by atoms with Gasteiger partial charge < -0.3 is 29.3 Å². The van der Waals surface area contributed by atoms with Crippen molar-refractivity contribution >= 4 is 24.2 Å². The van der Waals surface area contributed by atoms with Crippen molar-refractivity contribution in [3.05, 3.63) is 76.6 Å². The fourth-order valence-electron chi connectivity index (χ4n) is 7.01. The second-order valence-corrected chi connectivity index (χ2v) is 10.9. The van der Waals surface area contributed by atoms with E-state index in [2.05, 4.69) is 4.90 Å². The summed E-state index contributed by atoms with van der Waals surface area (Å²) in [6, 6.07) is 11.7. The van der Waals surface area contributed by atoms with Gasteiger partial charge in [-0.1, -0.05) is 36.4 Å². The van der Waals surface area contributed by atoms with Crippen LogP contribution in [0.3, 0.4) is 0 Å². The van der Waals surface area contributed by atoms with Crippen molar-refractivity contribution in [3.63, 3.8) is 0 Å². The molecular formula is C30H29NO9. The van der Waals surface area contributed by atoms with Crippen molar-refractivity contribution in [2.24, 2.45) is 0 Å². The summed E-state index contributed by atoms with van der Waals surface area (Å²) in [6.07, 6.45) is 0.527. The molecule has 0 radical (unpaired) electrons. The first-order chi connectivity index (χ1) is 19.2. The lowest BCUT2D eigenvalue weighted by molar-refractivity contribution is -0.176. The van der Waals surface area contributed by atoms with Crippen molar-refractivity contribution in [3.8, 4) is 5.75 Å². The zero-order valence-corrected chi connectivity index (χ0v) is 21.9. The Kier molecular flexibility index (Phi) is 6.27. The molecule has 5 atom stereocenters. The third-order valence-electron chi connectivity index (χ3n) is 8.86. The maximum Gasteiger partial charge on any atom is 0.357 e. The molecule has 208 valence electrons. The number of esters is 2. The lowest BCUT2D eigenvalue weighted by Gasteiger charge is -2.61. The van der Waals surface area contributed by atoms with E-state index in [-0.39, 0.29) is 18.2 Å². The molecule has 4 aliphatic rings. The first-order valence-electron chi connectivity index (χ1n) is 13.3. The third kappa shape index (κ3) is 3.77. The van der Waals surface area contributed by atoms with Gasteiger partial charge in [-0.3, -0.25) is 14.4 Å². The lowest BCUT2D eigenvalue weighted by atomic mass is 9.50. The number of likely N-dealkylation sites (N-methyl/N-ethyl adjacent to an activating group) is 1. The third-order valence-corrected chi connectivity index (χ3v) is 8.86. The molecule has 6 rings (SSSR count). The van der Waals surface area contributed by atoms with Crippen molar-refractivity contribution in [1.29, 1.82) is 0 Å². The standard InChI is InChI=1S/C30H29NO9/c1-31-14-13-29-24-18-7-8-19(16-32)25(24)40-27(29)20(11-12-30(29,37)21(31)15-18)38-28(36)26(17-5-3-2-4-6-17)39-23(35)10-9-22(33)34/h2-8,11,16,21,26-27,37H,9-10,12-15H2,1H3,(H,33,34)/t21-,26+,27+,29+,30-/m1/s1. The van der Waals surface area contributed by atoms with E-state index in [0.717, 1.165) is 17.4 Å². The quantitative estimate of drug-likeness (QED) is 0.374. The lowest BCUT2D eigenvalue weighted by Crippen LogP contribution is -2.74. The molecule has 2 aliphatic heterocycles. The van der Waals surface area contributed by atoms with E-state index < -0.39 is 54.0 Å². The highest BCUT2D eigenvalue weighted by atomic mass is 16.6. The van der Waals surface area contributed by atoms with Crippen LogP contribution in [-0.4, -0.2) is 70.6 Å². The molecule has 0 unspecified atom stereocenters. The Morgan fingerprint density at radius 3 is 2.67 bits per heavy atom. The van der Waals surface area contributed by atoms with Crippen LogP contribution in [0.15, 0.2) is 54.3 Å². The van der Waals surface area contributed by atoms with Gasteiger partial charge in [0.05, 0.1) is 29.4 Å². The predicted molar refractivity (Wildman–Crippen MR) is 139 cm³/mol. The van der Waals surface area contributed by atoms with E-state index in [1.165, 1.54) is 0 Å². The van der Waals surface area contributed by atoms with Crippen molar-refractivity contribution in [2.45, 2.75) is 61.4 Å². The number of piperidine rings is 1. The van der Waals surface area contributed by atoms with Crippen molar-refractivity contribution in [1.82, 2.24) is 4.90 Å². The first-order valence-corrected chi connectivity index (χ1v) is 13.3. The van der Waals surface area contributed by atoms with Crippen LogP contribution < -0.4 is 4.74 Å². The topological polar surface area (TPSA) is 140 Å². The van der Waals surface area contributed by atoms with E-state index in [9.17, 15) is 24.3 Å². The summed E-state index contributed by atoms with van der Waals surface area (Å²) in [5, 5.41) is 21.2. The van der Waals surface area contributed by atoms with E-state index in [1.807, 2.05) is 13.1 Å². The molecule has 0 saturated carbocycles. The summed E-state index contributed by atoms with van der Waals surface area (Å²) in [7, 11) is 1.98. The van der Waals surface area contributed by atoms with E-state index in [0.29, 0.717) is 36.3 Å². The smallest absolute Gasteiger partial charge is 0.357 e. The number of ether oxygens (including phenoxy) is 3. The summed E-state index contributed by atoms with van der Waals surface area (Å²) in [5.41, 5.74) is 0.365. The maximum atomic E-state index is 13.6. The largest absolute Gasteiger partial charge is 0.481 e. The van der Waals surface area contributed by atoms with Crippen LogP contribution >= 0.6 is 0 Å². The molecule has 2 N–H and O–H groups in total. The van der Waals surface area contributed by atoms with Crippen LogP contribution in [0.1, 0.15) is 58.8 Å². The molecule has 2 aromatic rings. The number of carbonyl (C=O) groups excluding carboxylic acids is 3. The highest BCUT2D eigenvalue weighted by Gasteiger charge is 2.72. The van der Waals surface area contributed by atoms with Gasteiger partial charge in [-0.25, -0.2) is 4.79 Å². The molecule has 1 saturated heterocycles. The highest BCUT2D eigenvalue weighted by molar-refractivity contribution is 5.84. The predicted octanol–water partition coefficient (Wildman–Crippen LogP) is 2.47. The Labute approximate surface area is 230 Å². The van der Waals surface area contributed by atoms with Crippen LogP contribution in [0.4, 0.5) is 0 Å². The molecule has 0 amide bonds. The fraction of sp³-hybridized carbons (Fsp3) is 0.400. The van der Waals surface area contributed by atoms with Crippen molar-refractivity contribution in [2.75, 3.05) is 13.6 Å². The number of rotatable bonds is 8. The number of aliphatic carboxylic acids is 1. The van der Waals surface area contributed by atoms with Gasteiger partial charge in [0.2, 0.25) is 6.10 Å². The van der Waals surface area contributed by atoms with Crippen LogP contribution in [0.2, 0.25) is 0 Å². The van der Waals surface area contributed by atoms with Crippen molar-refractivity contribution < 1.29 is 43.6 Å². The number of carboxylic acids is 1. The number of hydrogen-bond donors (Lipinski definition) is 2. The van der Waals surface area contributed by atoms with Crippen LogP contribution in [0.5, 0.6) is 5.75 Å². The van der Waals surface area contributed by atoms with E-state index in [1.54, 1.807) is 42.5 Å². The molecule has 2 aliphatic carbocycles. The summed E-state index contributed by atoms with van der Waals surface area (Å²) >= 11 is 0. The van der Waals surface area contributed by atoms with Gasteiger partial charge in [-0.05, 0) is 44.1 Å². The molecule has 10 nitrogen and oxygen atoms in total. The number of aliphatic hydroxyl groups is 1. The van der Waals surface area contributed by atoms with Gasteiger partial charge in [0, 0.05) is 23.6 Å². The Morgan fingerprint density at radius 1 is 1.18 bits per heavy atom.